The molecule has 1 aromatic carbocycles. The molecule has 2 amide bonds. The number of primary amides is 1. The van der Waals surface area contributed by atoms with Crippen LogP contribution in [0.4, 0.5) is 9.18 Å². The van der Waals surface area contributed by atoms with E-state index in [1.54, 1.807) is 17.0 Å². The van der Waals surface area contributed by atoms with Gasteiger partial charge in [0.15, 0.2) is 5.78 Å². The molecule has 1 saturated heterocycles. The molecule has 28 heavy (non-hydrogen) atoms. The maximum atomic E-state index is 13.0. The number of aliphatic hydroxyl groups excluding tert-OH is 1. The minimum atomic E-state index is -1.17. The van der Waals surface area contributed by atoms with Gasteiger partial charge in [-0.15, -0.1) is 0 Å². The number of nitrogens with zero attached hydrogens (tertiary/aromatic N) is 2. The highest BCUT2D eigenvalue weighted by Crippen LogP contribution is 2.09. The summed E-state index contributed by atoms with van der Waals surface area (Å²) >= 11 is 0. The molecule has 7 nitrogen and oxygen atoms in total. The monoisotopic (exact) mass is 396 g/mol. The lowest BCUT2D eigenvalue weighted by molar-refractivity contribution is -0.128. The molecule has 1 aliphatic heterocycles. The summed E-state index contributed by atoms with van der Waals surface area (Å²) < 4.78 is 13.0. The molecule has 0 bridgehead atoms. The summed E-state index contributed by atoms with van der Waals surface area (Å²) in [5.41, 5.74) is 11.5. The van der Waals surface area contributed by atoms with Crippen molar-refractivity contribution in [1.29, 1.82) is 0 Å². The Hall–Kier alpha value is -2.03. The van der Waals surface area contributed by atoms with E-state index in [-0.39, 0.29) is 24.1 Å². The van der Waals surface area contributed by atoms with Crippen LogP contribution in [0.1, 0.15) is 31.7 Å². The molecule has 0 aromatic heterocycles. The summed E-state index contributed by atoms with van der Waals surface area (Å²) in [6, 6.07) is 5.04. The Kier molecular flexibility index (Phi) is 10.7. The van der Waals surface area contributed by atoms with E-state index in [9.17, 15) is 19.1 Å². The van der Waals surface area contributed by atoms with Gasteiger partial charge < -0.3 is 26.4 Å². The van der Waals surface area contributed by atoms with Gasteiger partial charge in [0.2, 0.25) is 0 Å². The van der Waals surface area contributed by atoms with E-state index in [2.05, 4.69) is 4.90 Å². The number of hydrogen-bond acceptors (Lipinski definition) is 5. The highest BCUT2D eigenvalue weighted by molar-refractivity contribution is 5.83. The third-order valence-electron chi connectivity index (χ3n) is 4.69. The molecule has 0 saturated carbocycles. The molecule has 2 unspecified atom stereocenters. The van der Waals surface area contributed by atoms with Gasteiger partial charge in [-0.1, -0.05) is 25.5 Å². The molecule has 1 fully saturated rings. The minimum absolute atomic E-state index is 0.235. The second-order valence-corrected chi connectivity index (χ2v) is 7.14. The molecule has 158 valence electrons. The number of carbonyl (C=O) groups excluding carboxylic acids is 2. The van der Waals surface area contributed by atoms with E-state index < -0.39 is 12.1 Å². The van der Waals surface area contributed by atoms with Crippen molar-refractivity contribution < 1.29 is 19.1 Å². The number of hydrogen-bond donors (Lipinski definition) is 3. The van der Waals surface area contributed by atoms with Gasteiger partial charge >= 0.3 is 6.03 Å². The van der Waals surface area contributed by atoms with Crippen LogP contribution in [-0.2, 0) is 11.2 Å². The van der Waals surface area contributed by atoms with Crippen molar-refractivity contribution in [2.24, 2.45) is 11.5 Å². The smallest absolute Gasteiger partial charge is 0.314 e. The lowest BCUT2D eigenvalue weighted by Gasteiger charge is -2.30. The Labute approximate surface area is 166 Å². The zero-order valence-corrected chi connectivity index (χ0v) is 16.8. The van der Waals surface area contributed by atoms with Crippen LogP contribution in [0.3, 0.4) is 0 Å². The number of rotatable bonds is 7. The molecule has 1 aromatic rings. The highest BCUT2D eigenvalue weighted by Gasteiger charge is 2.22. The minimum Gasteiger partial charge on any atom is -0.384 e. The van der Waals surface area contributed by atoms with Crippen LogP contribution in [0.5, 0.6) is 0 Å². The molecule has 2 atom stereocenters. The fourth-order valence-corrected chi connectivity index (χ4v) is 2.81. The Morgan fingerprint density at radius 3 is 2.43 bits per heavy atom. The maximum Gasteiger partial charge on any atom is 0.314 e. The molecule has 0 spiro atoms. The Morgan fingerprint density at radius 2 is 1.89 bits per heavy atom. The third-order valence-corrected chi connectivity index (χ3v) is 4.69. The van der Waals surface area contributed by atoms with Crippen molar-refractivity contribution in [3.8, 4) is 0 Å². The number of urea groups is 1. The predicted octanol–water partition coefficient (Wildman–Crippen LogP) is 1.13. The van der Waals surface area contributed by atoms with E-state index in [4.69, 9.17) is 11.5 Å². The van der Waals surface area contributed by atoms with E-state index >= 15 is 0 Å². The van der Waals surface area contributed by atoms with Gasteiger partial charge in [-0.05, 0) is 37.6 Å². The number of Topliss-reactive ketones (excluding diaryl/α,β-unsaturated/α-hetero) is 1. The van der Waals surface area contributed by atoms with Crippen LogP contribution in [0.2, 0.25) is 0 Å². The summed E-state index contributed by atoms with van der Waals surface area (Å²) in [4.78, 5) is 26.0. The number of ketones is 1. The molecule has 5 N–H and O–H groups in total. The van der Waals surface area contributed by atoms with Crippen LogP contribution >= 0.6 is 0 Å². The summed E-state index contributed by atoms with van der Waals surface area (Å²) in [5.74, 6) is -0.577. The van der Waals surface area contributed by atoms with Crippen molar-refractivity contribution in [1.82, 2.24) is 9.80 Å². The summed E-state index contributed by atoms with van der Waals surface area (Å²) in [7, 11) is 2.04. The van der Waals surface area contributed by atoms with Crippen molar-refractivity contribution >= 4 is 11.8 Å². The first kappa shape index (κ1) is 24.0. The number of piperazine rings is 1. The Morgan fingerprint density at radius 1 is 1.25 bits per heavy atom. The average molecular weight is 397 g/mol. The second-order valence-electron chi connectivity index (χ2n) is 7.14. The van der Waals surface area contributed by atoms with Crippen LogP contribution in [0.15, 0.2) is 24.3 Å². The molecule has 8 heteroatoms. The van der Waals surface area contributed by atoms with Gasteiger partial charge in [-0.2, -0.15) is 0 Å². The third kappa shape index (κ3) is 8.77. The van der Waals surface area contributed by atoms with Gasteiger partial charge in [-0.3, -0.25) is 4.79 Å². The number of likely N-dealkylation sites (N-methyl/N-ethyl adjacent to an activating group) is 1. The Bertz CT molecular complexity index is 621. The van der Waals surface area contributed by atoms with Crippen molar-refractivity contribution in [2.75, 3.05) is 33.2 Å². The number of benzene rings is 1. The van der Waals surface area contributed by atoms with Crippen molar-refractivity contribution in [3.63, 3.8) is 0 Å². The topological polar surface area (TPSA) is 113 Å². The lowest BCUT2D eigenvalue weighted by atomic mass is 9.97. The number of amides is 2. The molecule has 2 rings (SSSR count). The Balaban J connectivity index is 0.000000330. The zero-order chi connectivity index (χ0) is 21.1. The maximum absolute atomic E-state index is 13.0. The van der Waals surface area contributed by atoms with Crippen LogP contribution in [-0.4, -0.2) is 72.1 Å². The largest absolute Gasteiger partial charge is 0.384 e. The molecular formula is C20H33FN4O3. The summed E-state index contributed by atoms with van der Waals surface area (Å²) in [6.45, 7) is 5.38. The summed E-state index contributed by atoms with van der Waals surface area (Å²) in [5, 5.41) is 9.78. The first-order valence-electron chi connectivity index (χ1n) is 9.68. The van der Waals surface area contributed by atoms with Gasteiger partial charge in [-0.25, -0.2) is 9.18 Å². The molecular weight excluding hydrogens is 363 g/mol. The standard InChI is InChI=1S/C14H20FNO2.C6H13N3O/c1-2-3-7-13(17)14(18)12(16)9-10-5-4-6-11(15)8-10;1-8-2-4-9(5-3-8)6(7)10/h4-6,8,12,14,18H,2-3,7,9,16H2,1H3;2-5H2,1H3,(H2,7,10). The highest BCUT2D eigenvalue weighted by atomic mass is 19.1. The van der Waals surface area contributed by atoms with Gasteiger partial charge in [0, 0.05) is 38.6 Å². The second kappa shape index (κ2) is 12.4. The number of unbranched alkanes of at least 4 members (excludes halogenated alkanes) is 1. The lowest BCUT2D eigenvalue weighted by Crippen LogP contribution is -2.49. The summed E-state index contributed by atoms with van der Waals surface area (Å²) in [6.07, 6.45) is 1.12. The van der Waals surface area contributed by atoms with Crippen molar-refractivity contribution in [2.45, 2.75) is 44.8 Å². The van der Waals surface area contributed by atoms with E-state index in [0.717, 1.165) is 39.0 Å². The van der Waals surface area contributed by atoms with Gasteiger partial charge in [0.25, 0.3) is 0 Å². The van der Waals surface area contributed by atoms with Crippen LogP contribution < -0.4 is 11.5 Å². The molecule has 0 aliphatic carbocycles. The predicted molar refractivity (Wildman–Crippen MR) is 107 cm³/mol. The van der Waals surface area contributed by atoms with E-state index in [1.807, 2.05) is 14.0 Å². The number of carbonyl (C=O) groups is 2. The fraction of sp³-hybridized carbons (Fsp3) is 0.600. The molecule has 1 aliphatic rings. The number of nitrogens with two attached hydrogens (primary N) is 2. The average Bonchev–Trinajstić information content (AvgIpc) is 2.66. The zero-order valence-electron chi connectivity index (χ0n) is 16.8. The van der Waals surface area contributed by atoms with Crippen LogP contribution in [0, 0.1) is 5.82 Å². The molecule has 1 heterocycles. The number of halogens is 1. The first-order chi connectivity index (χ1) is 13.2. The van der Waals surface area contributed by atoms with Gasteiger partial charge in [0.05, 0.1) is 0 Å². The fourth-order valence-electron chi connectivity index (χ4n) is 2.81. The first-order valence-corrected chi connectivity index (χ1v) is 9.68. The van der Waals surface area contributed by atoms with E-state index in [1.165, 1.54) is 12.1 Å². The van der Waals surface area contributed by atoms with E-state index in [0.29, 0.717) is 12.0 Å². The van der Waals surface area contributed by atoms with Gasteiger partial charge in [0.1, 0.15) is 11.9 Å². The van der Waals surface area contributed by atoms with Crippen LogP contribution in [0.25, 0.3) is 0 Å². The molecule has 0 radical (unpaired) electrons. The quantitative estimate of drug-likeness (QED) is 0.639. The number of aliphatic hydroxyl groups is 1. The normalized spacial score (nSPS) is 16.7. The van der Waals surface area contributed by atoms with Crippen molar-refractivity contribution in [3.05, 3.63) is 35.6 Å². The SMILES string of the molecule is CCCCC(=O)C(O)C(N)Cc1cccc(F)c1.CN1CCN(C(N)=O)CC1.